The molecule has 1 rings (SSSR count). The van der Waals surface area contributed by atoms with Gasteiger partial charge in [-0.05, 0) is 24.5 Å². The first kappa shape index (κ1) is 13.2. The second-order valence-corrected chi connectivity index (χ2v) is 5.41. The quantitative estimate of drug-likeness (QED) is 0.845. The molecule has 0 aliphatic heterocycles. The minimum Gasteiger partial charge on any atom is -0.351 e. The summed E-state index contributed by atoms with van der Waals surface area (Å²) in [5.41, 5.74) is 1.97. The number of aryl methyl sites for hydroxylation is 1. The summed E-state index contributed by atoms with van der Waals surface area (Å²) in [5, 5.41) is 3.81. The molecule has 0 aliphatic rings. The molecule has 0 spiro atoms. The zero-order chi connectivity index (χ0) is 12.2. The summed E-state index contributed by atoms with van der Waals surface area (Å²) in [6.07, 6.45) is 0. The van der Waals surface area contributed by atoms with Gasteiger partial charge >= 0.3 is 0 Å². The molecule has 0 unspecified atom stereocenters. The normalized spacial score (nSPS) is 11.2. The van der Waals surface area contributed by atoms with Crippen LogP contribution in [-0.4, -0.2) is 17.8 Å². The second-order valence-electron chi connectivity index (χ2n) is 4.85. The van der Waals surface area contributed by atoms with E-state index in [1.54, 1.807) is 0 Å². The molecule has 0 saturated heterocycles. The van der Waals surface area contributed by atoms with Crippen LogP contribution in [-0.2, 0) is 0 Å². The Morgan fingerprint density at radius 2 is 1.88 bits per heavy atom. The van der Waals surface area contributed by atoms with E-state index in [0.717, 1.165) is 16.5 Å². The molecule has 1 aromatic rings. The summed E-state index contributed by atoms with van der Waals surface area (Å²) in [5.74, 6) is -0.00553. The minimum atomic E-state index is -0.00553. The summed E-state index contributed by atoms with van der Waals surface area (Å²) in [6.45, 7) is 6.90. The van der Waals surface area contributed by atoms with E-state index in [1.165, 1.54) is 0 Å². The van der Waals surface area contributed by atoms with Crippen LogP contribution < -0.4 is 5.32 Å². The van der Waals surface area contributed by atoms with E-state index in [2.05, 4.69) is 35.1 Å². The summed E-state index contributed by atoms with van der Waals surface area (Å²) in [6, 6.07) is 7.60. The lowest BCUT2D eigenvalue weighted by Gasteiger charge is -2.21. The second kappa shape index (κ2) is 5.48. The predicted octanol–water partition coefficient (Wildman–Crippen LogP) is 3.15. The van der Waals surface area contributed by atoms with E-state index in [-0.39, 0.29) is 11.3 Å². The molecule has 16 heavy (non-hydrogen) atoms. The van der Waals surface area contributed by atoms with Crippen LogP contribution in [0.5, 0.6) is 0 Å². The maximum absolute atomic E-state index is 11.8. The molecule has 3 heteroatoms. The molecule has 2 nitrogen and oxygen atoms in total. The molecule has 0 aliphatic carbocycles. The van der Waals surface area contributed by atoms with E-state index < -0.39 is 0 Å². The van der Waals surface area contributed by atoms with Crippen LogP contribution in [0.3, 0.4) is 0 Å². The largest absolute Gasteiger partial charge is 0.351 e. The topological polar surface area (TPSA) is 29.1 Å². The van der Waals surface area contributed by atoms with Crippen molar-refractivity contribution in [3.05, 3.63) is 35.4 Å². The summed E-state index contributed by atoms with van der Waals surface area (Å²) in [7, 11) is 0. The lowest BCUT2D eigenvalue weighted by Crippen LogP contribution is -2.34. The van der Waals surface area contributed by atoms with Gasteiger partial charge < -0.3 is 5.32 Å². The third-order valence-corrected chi connectivity index (χ3v) is 3.92. The van der Waals surface area contributed by atoms with Crippen LogP contribution >= 0.6 is 15.9 Å². The van der Waals surface area contributed by atoms with Gasteiger partial charge in [-0.3, -0.25) is 4.79 Å². The van der Waals surface area contributed by atoms with Crippen LogP contribution in [0.15, 0.2) is 24.3 Å². The Bertz CT molecular complexity index is 357. The van der Waals surface area contributed by atoms with Crippen LogP contribution in [0, 0.1) is 12.3 Å². The Kier molecular flexibility index (Phi) is 4.54. The molecule has 1 N–H and O–H groups in total. The van der Waals surface area contributed by atoms with Crippen molar-refractivity contribution in [2.75, 3.05) is 11.9 Å². The highest BCUT2D eigenvalue weighted by atomic mass is 79.9. The molecule has 1 aromatic carbocycles. The van der Waals surface area contributed by atoms with Crippen molar-refractivity contribution in [2.24, 2.45) is 5.41 Å². The van der Waals surface area contributed by atoms with E-state index in [4.69, 9.17) is 0 Å². The van der Waals surface area contributed by atoms with Crippen LogP contribution in [0.1, 0.15) is 29.8 Å². The van der Waals surface area contributed by atoms with Gasteiger partial charge in [0.25, 0.3) is 5.91 Å². The number of hydrogen-bond donors (Lipinski definition) is 1. The van der Waals surface area contributed by atoms with Crippen molar-refractivity contribution >= 4 is 21.8 Å². The molecule has 88 valence electrons. The van der Waals surface area contributed by atoms with E-state index in [1.807, 2.05) is 31.2 Å². The fourth-order valence-electron chi connectivity index (χ4n) is 1.17. The zero-order valence-corrected chi connectivity index (χ0v) is 11.6. The van der Waals surface area contributed by atoms with E-state index in [0.29, 0.717) is 6.54 Å². The van der Waals surface area contributed by atoms with Gasteiger partial charge in [-0.1, -0.05) is 47.5 Å². The number of alkyl halides is 1. The lowest BCUT2D eigenvalue weighted by atomic mass is 9.97. The zero-order valence-electron chi connectivity index (χ0n) is 10.0. The Hall–Kier alpha value is -0.830. The number of amides is 1. The van der Waals surface area contributed by atoms with Crippen molar-refractivity contribution in [3.63, 3.8) is 0 Å². The van der Waals surface area contributed by atoms with Gasteiger partial charge in [0.05, 0.1) is 0 Å². The number of halogens is 1. The van der Waals surface area contributed by atoms with Gasteiger partial charge in [-0.15, -0.1) is 0 Å². The molecular weight excluding hydrogens is 266 g/mol. The third kappa shape index (κ3) is 3.97. The third-order valence-electron chi connectivity index (χ3n) is 2.40. The Morgan fingerprint density at radius 1 is 1.31 bits per heavy atom. The van der Waals surface area contributed by atoms with Crippen LogP contribution in [0.25, 0.3) is 0 Å². The monoisotopic (exact) mass is 283 g/mol. The van der Waals surface area contributed by atoms with Crippen LogP contribution in [0.2, 0.25) is 0 Å². The molecule has 0 radical (unpaired) electrons. The van der Waals surface area contributed by atoms with Crippen molar-refractivity contribution in [1.82, 2.24) is 5.32 Å². The first-order valence-electron chi connectivity index (χ1n) is 5.35. The Labute approximate surface area is 106 Å². The molecular formula is C13H18BrNO. The van der Waals surface area contributed by atoms with Gasteiger partial charge in [0.1, 0.15) is 0 Å². The molecule has 0 aromatic heterocycles. The standard InChI is InChI=1S/C13H18BrNO/c1-10-4-6-11(7-5-10)12(16)15-9-13(2,3)8-14/h4-7H,8-9H2,1-3H3,(H,15,16). The van der Waals surface area contributed by atoms with Gasteiger partial charge in [0.2, 0.25) is 0 Å². The molecule has 1 amide bonds. The number of hydrogen-bond acceptors (Lipinski definition) is 1. The number of carbonyl (C=O) groups is 1. The summed E-state index contributed by atoms with van der Waals surface area (Å²) >= 11 is 3.44. The van der Waals surface area contributed by atoms with Crippen molar-refractivity contribution in [3.8, 4) is 0 Å². The maximum atomic E-state index is 11.8. The number of rotatable bonds is 4. The van der Waals surface area contributed by atoms with Gasteiger partial charge in [-0.25, -0.2) is 0 Å². The average molecular weight is 284 g/mol. The minimum absolute atomic E-state index is 0.00553. The van der Waals surface area contributed by atoms with Crippen molar-refractivity contribution < 1.29 is 4.79 Å². The SMILES string of the molecule is Cc1ccc(C(=O)NCC(C)(C)CBr)cc1. The van der Waals surface area contributed by atoms with Crippen molar-refractivity contribution in [2.45, 2.75) is 20.8 Å². The number of carbonyl (C=O) groups excluding carboxylic acids is 1. The number of nitrogens with one attached hydrogen (secondary N) is 1. The Morgan fingerprint density at radius 3 is 2.38 bits per heavy atom. The predicted molar refractivity (Wildman–Crippen MR) is 71.1 cm³/mol. The van der Waals surface area contributed by atoms with Crippen molar-refractivity contribution in [1.29, 1.82) is 0 Å². The maximum Gasteiger partial charge on any atom is 0.251 e. The Balaban J connectivity index is 2.56. The summed E-state index contributed by atoms with van der Waals surface area (Å²) in [4.78, 5) is 11.8. The highest BCUT2D eigenvalue weighted by molar-refractivity contribution is 9.09. The molecule has 0 saturated carbocycles. The van der Waals surface area contributed by atoms with Gasteiger partial charge in [-0.2, -0.15) is 0 Å². The van der Waals surface area contributed by atoms with Gasteiger partial charge in [0.15, 0.2) is 0 Å². The fourth-order valence-corrected chi connectivity index (χ4v) is 1.37. The lowest BCUT2D eigenvalue weighted by molar-refractivity contribution is 0.0940. The first-order chi connectivity index (χ1) is 7.44. The molecule has 0 fully saturated rings. The molecule has 0 atom stereocenters. The number of benzene rings is 1. The van der Waals surface area contributed by atoms with Gasteiger partial charge in [0, 0.05) is 17.4 Å². The smallest absolute Gasteiger partial charge is 0.251 e. The fraction of sp³-hybridized carbons (Fsp3) is 0.462. The highest BCUT2D eigenvalue weighted by Gasteiger charge is 2.17. The van der Waals surface area contributed by atoms with E-state index in [9.17, 15) is 4.79 Å². The average Bonchev–Trinajstić information content (AvgIpc) is 2.27. The molecule has 0 bridgehead atoms. The van der Waals surface area contributed by atoms with E-state index >= 15 is 0 Å². The molecule has 0 heterocycles. The summed E-state index contributed by atoms with van der Waals surface area (Å²) < 4.78 is 0. The highest BCUT2D eigenvalue weighted by Crippen LogP contribution is 2.16. The first-order valence-corrected chi connectivity index (χ1v) is 6.47. The van der Waals surface area contributed by atoms with Crippen LogP contribution in [0.4, 0.5) is 0 Å².